The number of benzene rings is 1. The predicted octanol–water partition coefficient (Wildman–Crippen LogP) is 2.72. The molecule has 0 bridgehead atoms. The van der Waals surface area contributed by atoms with Gasteiger partial charge >= 0.3 is 0 Å². The van der Waals surface area contributed by atoms with Crippen LogP contribution in [0.5, 0.6) is 0 Å². The van der Waals surface area contributed by atoms with Crippen molar-refractivity contribution < 1.29 is 4.79 Å². The lowest BCUT2D eigenvalue weighted by molar-refractivity contribution is -0.118. The number of halogens is 2. The fourth-order valence-corrected chi connectivity index (χ4v) is 4.68. The molecular formula is C17H25Cl2N3OS. The molecule has 0 aromatic heterocycles. The molecule has 24 heavy (non-hydrogen) atoms. The number of thioether (sulfide) groups is 1. The standard InChI is InChI=1S/C17H24ClN3OS.ClH/c18-14-4-1-3-13(11-14)15(17-20-16(22)12-23-17)5-2-8-21-9-6-19-7-10-21;/h1,3-4,11,15,17,19H,2,5-10,12H2,(H,20,22);1H. The van der Waals surface area contributed by atoms with E-state index < -0.39 is 0 Å². The summed E-state index contributed by atoms with van der Waals surface area (Å²) in [7, 11) is 0. The topological polar surface area (TPSA) is 44.4 Å². The van der Waals surface area contributed by atoms with Crippen LogP contribution in [0.1, 0.15) is 24.3 Å². The molecule has 0 saturated carbocycles. The molecular weight excluding hydrogens is 365 g/mol. The van der Waals surface area contributed by atoms with E-state index in [-0.39, 0.29) is 23.7 Å². The molecule has 7 heteroatoms. The Labute approximate surface area is 159 Å². The Morgan fingerprint density at radius 1 is 1.33 bits per heavy atom. The number of hydrogen-bond donors (Lipinski definition) is 2. The van der Waals surface area contributed by atoms with Crippen LogP contribution in [0.15, 0.2) is 24.3 Å². The van der Waals surface area contributed by atoms with Gasteiger partial charge < -0.3 is 15.5 Å². The van der Waals surface area contributed by atoms with E-state index in [9.17, 15) is 4.79 Å². The van der Waals surface area contributed by atoms with Gasteiger partial charge in [0, 0.05) is 37.1 Å². The number of nitrogens with zero attached hydrogens (tertiary/aromatic N) is 1. The van der Waals surface area contributed by atoms with Gasteiger partial charge in [-0.15, -0.1) is 24.2 Å². The first-order chi connectivity index (χ1) is 11.2. The zero-order valence-electron chi connectivity index (χ0n) is 13.7. The predicted molar refractivity (Wildman–Crippen MR) is 104 cm³/mol. The average molecular weight is 390 g/mol. The van der Waals surface area contributed by atoms with E-state index in [4.69, 9.17) is 11.6 Å². The summed E-state index contributed by atoms with van der Waals surface area (Å²) in [5, 5.41) is 7.44. The molecule has 1 aromatic carbocycles. The molecule has 1 aromatic rings. The van der Waals surface area contributed by atoms with Crippen molar-refractivity contribution in [1.82, 2.24) is 15.5 Å². The lowest BCUT2D eigenvalue weighted by atomic mass is 9.93. The highest BCUT2D eigenvalue weighted by Crippen LogP contribution is 2.34. The Morgan fingerprint density at radius 2 is 2.12 bits per heavy atom. The van der Waals surface area contributed by atoms with Gasteiger partial charge in [0.1, 0.15) is 0 Å². The minimum atomic E-state index is 0. The number of piperazine rings is 1. The molecule has 0 radical (unpaired) electrons. The molecule has 2 unspecified atom stereocenters. The van der Waals surface area contributed by atoms with Crippen molar-refractivity contribution in [3.8, 4) is 0 Å². The quantitative estimate of drug-likeness (QED) is 0.784. The number of hydrogen-bond acceptors (Lipinski definition) is 4. The first kappa shape index (κ1) is 19.9. The summed E-state index contributed by atoms with van der Waals surface area (Å²) in [4.78, 5) is 14.1. The second-order valence-electron chi connectivity index (χ2n) is 6.19. The van der Waals surface area contributed by atoms with Crippen LogP contribution in [0.4, 0.5) is 0 Å². The third-order valence-electron chi connectivity index (χ3n) is 4.54. The molecule has 2 fully saturated rings. The third-order valence-corrected chi connectivity index (χ3v) is 6.01. The van der Waals surface area contributed by atoms with E-state index in [0.717, 1.165) is 50.6 Å². The van der Waals surface area contributed by atoms with Crippen molar-refractivity contribution in [2.75, 3.05) is 38.5 Å². The van der Waals surface area contributed by atoms with Crippen LogP contribution >= 0.6 is 35.8 Å². The largest absolute Gasteiger partial charge is 0.343 e. The van der Waals surface area contributed by atoms with E-state index in [2.05, 4.69) is 21.6 Å². The van der Waals surface area contributed by atoms with E-state index in [1.807, 2.05) is 18.2 Å². The zero-order chi connectivity index (χ0) is 16.1. The van der Waals surface area contributed by atoms with Gasteiger partial charge in [-0.2, -0.15) is 0 Å². The van der Waals surface area contributed by atoms with Gasteiger partial charge in [-0.1, -0.05) is 23.7 Å². The average Bonchev–Trinajstić information content (AvgIpc) is 2.99. The van der Waals surface area contributed by atoms with Crippen LogP contribution in [0.3, 0.4) is 0 Å². The van der Waals surface area contributed by atoms with Crippen LogP contribution in [-0.4, -0.2) is 54.7 Å². The number of rotatable bonds is 6. The van der Waals surface area contributed by atoms with Crippen LogP contribution in [0, 0.1) is 0 Å². The summed E-state index contributed by atoms with van der Waals surface area (Å²) in [5.74, 6) is 1.04. The lowest BCUT2D eigenvalue weighted by Gasteiger charge is -2.29. The maximum atomic E-state index is 11.6. The first-order valence-corrected chi connectivity index (χ1v) is 9.74. The summed E-state index contributed by atoms with van der Waals surface area (Å²) in [6.45, 7) is 5.58. The van der Waals surface area contributed by atoms with Crippen LogP contribution in [0.2, 0.25) is 5.02 Å². The Morgan fingerprint density at radius 3 is 2.79 bits per heavy atom. The number of amides is 1. The summed E-state index contributed by atoms with van der Waals surface area (Å²) in [6.07, 6.45) is 2.21. The summed E-state index contributed by atoms with van der Waals surface area (Å²) >= 11 is 7.89. The first-order valence-electron chi connectivity index (χ1n) is 8.32. The van der Waals surface area contributed by atoms with Crippen molar-refractivity contribution in [3.05, 3.63) is 34.9 Å². The fraction of sp³-hybridized carbons (Fsp3) is 0.588. The minimum absolute atomic E-state index is 0. The van der Waals surface area contributed by atoms with Crippen LogP contribution < -0.4 is 10.6 Å². The van der Waals surface area contributed by atoms with Gasteiger partial charge in [-0.3, -0.25) is 4.79 Å². The summed E-state index contributed by atoms with van der Waals surface area (Å²) < 4.78 is 0. The molecule has 2 saturated heterocycles. The van der Waals surface area contributed by atoms with Crippen molar-refractivity contribution in [1.29, 1.82) is 0 Å². The van der Waals surface area contributed by atoms with E-state index >= 15 is 0 Å². The summed E-state index contributed by atoms with van der Waals surface area (Å²) in [6, 6.07) is 8.08. The second-order valence-corrected chi connectivity index (χ2v) is 7.76. The number of nitrogens with one attached hydrogen (secondary N) is 2. The fourth-order valence-electron chi connectivity index (χ4n) is 3.32. The van der Waals surface area contributed by atoms with E-state index in [0.29, 0.717) is 11.7 Å². The Hall–Kier alpha value is -0.460. The molecule has 3 rings (SSSR count). The van der Waals surface area contributed by atoms with Gasteiger partial charge in [0.2, 0.25) is 5.91 Å². The van der Waals surface area contributed by atoms with Crippen molar-refractivity contribution in [2.24, 2.45) is 0 Å². The minimum Gasteiger partial charge on any atom is -0.343 e. The molecule has 2 aliphatic heterocycles. The Bertz CT molecular complexity index is 540. The zero-order valence-corrected chi connectivity index (χ0v) is 16.1. The molecule has 1 amide bonds. The van der Waals surface area contributed by atoms with Crippen LogP contribution in [-0.2, 0) is 4.79 Å². The number of carbonyl (C=O) groups is 1. The molecule has 2 heterocycles. The molecule has 2 aliphatic rings. The van der Waals surface area contributed by atoms with Crippen molar-refractivity contribution in [2.45, 2.75) is 24.1 Å². The van der Waals surface area contributed by atoms with Crippen molar-refractivity contribution in [3.63, 3.8) is 0 Å². The molecule has 2 atom stereocenters. The summed E-state index contributed by atoms with van der Waals surface area (Å²) in [5.41, 5.74) is 1.23. The SMILES string of the molecule is Cl.O=C1CSC(C(CCCN2CCNCC2)c2cccc(Cl)c2)N1. The lowest BCUT2D eigenvalue weighted by Crippen LogP contribution is -2.43. The van der Waals surface area contributed by atoms with Gasteiger partial charge in [0.15, 0.2) is 0 Å². The van der Waals surface area contributed by atoms with Gasteiger partial charge in [0.05, 0.1) is 11.1 Å². The highest BCUT2D eigenvalue weighted by molar-refractivity contribution is 8.01. The van der Waals surface area contributed by atoms with Crippen molar-refractivity contribution >= 4 is 41.7 Å². The third kappa shape index (κ3) is 5.53. The smallest absolute Gasteiger partial charge is 0.230 e. The Kier molecular flexibility index (Phi) is 8.17. The highest BCUT2D eigenvalue weighted by atomic mass is 35.5. The highest BCUT2D eigenvalue weighted by Gasteiger charge is 2.30. The van der Waals surface area contributed by atoms with Gasteiger partial charge in [-0.25, -0.2) is 0 Å². The maximum Gasteiger partial charge on any atom is 0.230 e. The number of carbonyl (C=O) groups excluding carboxylic acids is 1. The molecule has 0 spiro atoms. The Balaban J connectivity index is 0.00000208. The normalized spacial score (nSPS) is 22.7. The van der Waals surface area contributed by atoms with E-state index in [1.165, 1.54) is 5.56 Å². The van der Waals surface area contributed by atoms with Gasteiger partial charge in [-0.05, 0) is 37.1 Å². The van der Waals surface area contributed by atoms with Crippen LogP contribution in [0.25, 0.3) is 0 Å². The molecule has 2 N–H and O–H groups in total. The van der Waals surface area contributed by atoms with E-state index in [1.54, 1.807) is 11.8 Å². The molecule has 4 nitrogen and oxygen atoms in total. The van der Waals surface area contributed by atoms with Gasteiger partial charge in [0.25, 0.3) is 0 Å². The monoisotopic (exact) mass is 389 g/mol. The molecule has 134 valence electrons. The second kappa shape index (κ2) is 9.88. The molecule has 0 aliphatic carbocycles. The maximum absolute atomic E-state index is 11.6.